The van der Waals surface area contributed by atoms with E-state index in [-0.39, 0.29) is 11.6 Å². The van der Waals surface area contributed by atoms with Gasteiger partial charge in [-0.1, -0.05) is 43.0 Å². The number of hydrogen-bond donors (Lipinski definition) is 1. The molecule has 1 aliphatic carbocycles. The van der Waals surface area contributed by atoms with Crippen LogP contribution < -0.4 is 5.73 Å². The minimum absolute atomic E-state index is 0.0748. The fourth-order valence-electron chi connectivity index (χ4n) is 4.01. The molecule has 1 saturated heterocycles. The Morgan fingerprint density at radius 2 is 2.05 bits per heavy atom. The number of ether oxygens (including phenoxy) is 1. The van der Waals surface area contributed by atoms with Gasteiger partial charge in [0.25, 0.3) is 0 Å². The number of rotatable bonds is 2. The van der Waals surface area contributed by atoms with Crippen LogP contribution in [0.1, 0.15) is 62.1 Å². The number of benzene rings is 1. The molecule has 1 saturated carbocycles. The van der Waals surface area contributed by atoms with Crippen molar-refractivity contribution in [3.63, 3.8) is 0 Å². The topological polar surface area (TPSA) is 35.2 Å². The van der Waals surface area contributed by atoms with Crippen molar-refractivity contribution < 1.29 is 4.74 Å². The average Bonchev–Trinajstić information content (AvgIpc) is 2.50. The summed E-state index contributed by atoms with van der Waals surface area (Å²) in [5.74, 6) is 0.510. The Morgan fingerprint density at radius 1 is 1.29 bits per heavy atom. The predicted octanol–water partition coefficient (Wildman–Crippen LogP) is 4.78. The molecule has 2 aliphatic rings. The van der Waals surface area contributed by atoms with Gasteiger partial charge in [0, 0.05) is 17.7 Å². The second-order valence-corrected chi connectivity index (χ2v) is 7.29. The van der Waals surface area contributed by atoms with Crippen LogP contribution in [-0.2, 0) is 4.74 Å². The van der Waals surface area contributed by atoms with Crippen molar-refractivity contribution in [2.75, 3.05) is 6.61 Å². The zero-order chi connectivity index (χ0) is 14.9. The summed E-state index contributed by atoms with van der Waals surface area (Å²) in [6, 6.07) is 6.33. The van der Waals surface area contributed by atoms with Gasteiger partial charge >= 0.3 is 0 Å². The van der Waals surface area contributed by atoms with Crippen molar-refractivity contribution >= 4 is 11.6 Å². The third-order valence-electron chi connectivity index (χ3n) is 5.38. The smallest absolute Gasteiger partial charge is 0.0685 e. The van der Waals surface area contributed by atoms with Crippen molar-refractivity contribution in [1.82, 2.24) is 0 Å². The minimum atomic E-state index is 0.0748. The van der Waals surface area contributed by atoms with E-state index in [1.54, 1.807) is 0 Å². The van der Waals surface area contributed by atoms with Crippen LogP contribution in [0.2, 0.25) is 5.02 Å². The lowest BCUT2D eigenvalue weighted by molar-refractivity contribution is -0.120. The van der Waals surface area contributed by atoms with Crippen LogP contribution in [0, 0.1) is 12.8 Å². The fraction of sp³-hybridized carbons (Fsp3) is 0.667. The molecule has 1 heterocycles. The van der Waals surface area contributed by atoms with Crippen LogP contribution in [0.4, 0.5) is 0 Å². The summed E-state index contributed by atoms with van der Waals surface area (Å²) in [4.78, 5) is 0. The van der Waals surface area contributed by atoms with Crippen molar-refractivity contribution in [2.24, 2.45) is 11.7 Å². The first-order valence-electron chi connectivity index (χ1n) is 8.25. The summed E-state index contributed by atoms with van der Waals surface area (Å²) in [6.45, 7) is 2.89. The number of nitrogens with two attached hydrogens (primary N) is 1. The van der Waals surface area contributed by atoms with E-state index in [1.807, 2.05) is 13.0 Å². The normalized spacial score (nSPS) is 26.7. The van der Waals surface area contributed by atoms with E-state index < -0.39 is 0 Å². The maximum Gasteiger partial charge on any atom is 0.0685 e. The first kappa shape index (κ1) is 15.3. The third-order valence-corrected chi connectivity index (χ3v) is 5.79. The molecule has 2 fully saturated rings. The lowest BCUT2D eigenvalue weighted by atomic mass is 9.73. The van der Waals surface area contributed by atoms with Crippen LogP contribution in [0.15, 0.2) is 18.2 Å². The van der Waals surface area contributed by atoms with Crippen LogP contribution >= 0.6 is 11.6 Å². The van der Waals surface area contributed by atoms with Crippen LogP contribution in [-0.4, -0.2) is 12.2 Å². The van der Waals surface area contributed by atoms with Crippen molar-refractivity contribution in [1.29, 1.82) is 0 Å². The molecular formula is C18H26ClNO. The molecular weight excluding hydrogens is 282 g/mol. The summed E-state index contributed by atoms with van der Waals surface area (Å²) in [7, 11) is 0. The van der Waals surface area contributed by atoms with Gasteiger partial charge < -0.3 is 10.5 Å². The van der Waals surface area contributed by atoms with Crippen LogP contribution in [0.25, 0.3) is 0 Å². The van der Waals surface area contributed by atoms with Crippen LogP contribution in [0.3, 0.4) is 0 Å². The van der Waals surface area contributed by atoms with Gasteiger partial charge in [-0.3, -0.25) is 0 Å². The molecule has 0 aromatic heterocycles. The van der Waals surface area contributed by atoms with E-state index in [2.05, 4.69) is 12.1 Å². The van der Waals surface area contributed by atoms with Crippen molar-refractivity contribution in [3.8, 4) is 0 Å². The van der Waals surface area contributed by atoms with Gasteiger partial charge in [-0.15, -0.1) is 0 Å². The molecule has 1 spiro atoms. The highest BCUT2D eigenvalue weighted by atomic mass is 35.5. The van der Waals surface area contributed by atoms with E-state index in [0.717, 1.165) is 30.0 Å². The summed E-state index contributed by atoms with van der Waals surface area (Å²) in [5, 5.41) is 0.822. The molecule has 2 unspecified atom stereocenters. The Morgan fingerprint density at radius 3 is 2.76 bits per heavy atom. The summed E-state index contributed by atoms with van der Waals surface area (Å²) >= 11 is 6.26. The Hall–Kier alpha value is -0.570. The van der Waals surface area contributed by atoms with Gasteiger partial charge in [0.05, 0.1) is 5.60 Å². The van der Waals surface area contributed by atoms with Gasteiger partial charge in [-0.2, -0.15) is 0 Å². The number of aryl methyl sites for hydroxylation is 1. The lowest BCUT2D eigenvalue weighted by Crippen LogP contribution is -2.44. The third kappa shape index (κ3) is 3.28. The fourth-order valence-corrected chi connectivity index (χ4v) is 4.19. The molecule has 116 valence electrons. The molecule has 0 amide bonds. The number of hydrogen-bond acceptors (Lipinski definition) is 2. The maximum atomic E-state index is 6.56. The molecule has 1 aliphatic heterocycles. The second-order valence-electron chi connectivity index (χ2n) is 6.88. The summed E-state index contributed by atoms with van der Waals surface area (Å²) in [6.07, 6.45) is 8.57. The van der Waals surface area contributed by atoms with E-state index in [1.165, 1.54) is 37.7 Å². The Labute approximate surface area is 133 Å². The first-order chi connectivity index (χ1) is 10.1. The molecule has 21 heavy (non-hydrogen) atoms. The zero-order valence-corrected chi connectivity index (χ0v) is 13.7. The van der Waals surface area contributed by atoms with Gasteiger partial charge in [0.15, 0.2) is 0 Å². The molecule has 0 radical (unpaired) electrons. The monoisotopic (exact) mass is 307 g/mol. The van der Waals surface area contributed by atoms with Gasteiger partial charge in [0.2, 0.25) is 0 Å². The van der Waals surface area contributed by atoms with E-state index >= 15 is 0 Å². The highest BCUT2D eigenvalue weighted by molar-refractivity contribution is 6.31. The van der Waals surface area contributed by atoms with Gasteiger partial charge in [-0.05, 0) is 55.7 Å². The molecule has 3 heteroatoms. The average molecular weight is 308 g/mol. The summed E-state index contributed by atoms with van der Waals surface area (Å²) in [5.41, 5.74) is 8.97. The lowest BCUT2D eigenvalue weighted by Gasteiger charge is -2.45. The zero-order valence-electron chi connectivity index (χ0n) is 12.9. The van der Waals surface area contributed by atoms with Crippen molar-refractivity contribution in [3.05, 3.63) is 34.3 Å². The Bertz CT molecular complexity index is 490. The largest absolute Gasteiger partial charge is 0.375 e. The maximum absolute atomic E-state index is 6.56. The van der Waals surface area contributed by atoms with Crippen LogP contribution in [0.5, 0.6) is 0 Å². The quantitative estimate of drug-likeness (QED) is 0.853. The Kier molecular flexibility index (Phi) is 4.58. The molecule has 1 aromatic carbocycles. The van der Waals surface area contributed by atoms with Gasteiger partial charge in [-0.25, -0.2) is 0 Å². The van der Waals surface area contributed by atoms with E-state index in [9.17, 15) is 0 Å². The van der Waals surface area contributed by atoms with E-state index in [4.69, 9.17) is 22.1 Å². The Balaban J connectivity index is 1.74. The second kappa shape index (κ2) is 6.28. The standard InChI is InChI=1S/C18H26ClNO/c1-13-5-6-14(11-16(13)19)17(20)15-7-10-21-18(12-15)8-3-2-4-9-18/h5-6,11,15,17H,2-4,7-10,12,20H2,1H3. The van der Waals surface area contributed by atoms with E-state index in [0.29, 0.717) is 5.92 Å². The molecule has 1 aromatic rings. The predicted molar refractivity (Wildman–Crippen MR) is 87.6 cm³/mol. The molecule has 2 atom stereocenters. The molecule has 0 bridgehead atoms. The summed E-state index contributed by atoms with van der Waals surface area (Å²) < 4.78 is 6.18. The SMILES string of the molecule is Cc1ccc(C(N)C2CCOC3(CCCCC3)C2)cc1Cl. The first-order valence-corrected chi connectivity index (χ1v) is 8.63. The van der Waals surface area contributed by atoms with Crippen molar-refractivity contribution in [2.45, 2.75) is 63.5 Å². The highest BCUT2D eigenvalue weighted by Gasteiger charge is 2.40. The van der Waals surface area contributed by atoms with Gasteiger partial charge in [0.1, 0.15) is 0 Å². The molecule has 2 nitrogen and oxygen atoms in total. The highest BCUT2D eigenvalue weighted by Crippen LogP contribution is 2.43. The molecule has 3 rings (SSSR count). The number of halogens is 1. The molecule has 2 N–H and O–H groups in total. The minimum Gasteiger partial charge on any atom is -0.375 e.